The van der Waals surface area contributed by atoms with Crippen molar-refractivity contribution in [3.05, 3.63) is 0 Å². The van der Waals surface area contributed by atoms with E-state index < -0.39 is 6.04 Å². The van der Waals surface area contributed by atoms with Gasteiger partial charge in [-0.05, 0) is 25.2 Å². The monoisotopic (exact) mass is 229 g/mol. The van der Waals surface area contributed by atoms with Crippen LogP contribution >= 0.6 is 0 Å². The molecule has 0 aliphatic carbocycles. The molecule has 1 aliphatic rings. The zero-order chi connectivity index (χ0) is 12.0. The van der Waals surface area contributed by atoms with Gasteiger partial charge in [0, 0.05) is 6.61 Å². The Morgan fingerprint density at radius 2 is 2.31 bits per heavy atom. The third-order valence-corrected chi connectivity index (χ3v) is 3.21. The van der Waals surface area contributed by atoms with Crippen molar-refractivity contribution in [3.63, 3.8) is 0 Å². The minimum Gasteiger partial charge on any atom is -0.462 e. The van der Waals surface area contributed by atoms with Crippen molar-refractivity contribution < 1.29 is 14.3 Å². The highest BCUT2D eigenvalue weighted by Gasteiger charge is 2.23. The maximum Gasteiger partial charge on any atom is 0.323 e. The van der Waals surface area contributed by atoms with Crippen molar-refractivity contribution in [2.75, 3.05) is 13.2 Å². The first kappa shape index (κ1) is 13.5. The second-order valence-corrected chi connectivity index (χ2v) is 4.53. The number of nitrogens with two attached hydrogens (primary N) is 1. The molecule has 0 bridgehead atoms. The molecule has 0 aromatic heterocycles. The van der Waals surface area contributed by atoms with Crippen molar-refractivity contribution in [2.45, 2.75) is 51.7 Å². The summed E-state index contributed by atoms with van der Waals surface area (Å²) >= 11 is 0. The molecule has 94 valence electrons. The predicted octanol–water partition coefficient (Wildman–Crippen LogP) is 1.47. The molecule has 0 aromatic carbocycles. The molecular formula is C12H23NO3. The molecule has 0 radical (unpaired) electrons. The third-order valence-electron chi connectivity index (χ3n) is 3.21. The first-order chi connectivity index (χ1) is 7.65. The van der Waals surface area contributed by atoms with E-state index in [0.29, 0.717) is 6.61 Å². The summed E-state index contributed by atoms with van der Waals surface area (Å²) in [6.07, 6.45) is 4.19. The number of carbonyl (C=O) groups is 1. The Balaban J connectivity index is 2.23. The molecule has 1 saturated heterocycles. The van der Waals surface area contributed by atoms with E-state index in [4.69, 9.17) is 15.2 Å². The van der Waals surface area contributed by atoms with E-state index in [-0.39, 0.29) is 18.0 Å². The van der Waals surface area contributed by atoms with Gasteiger partial charge in [-0.3, -0.25) is 4.79 Å². The van der Waals surface area contributed by atoms with Crippen molar-refractivity contribution >= 4 is 5.97 Å². The van der Waals surface area contributed by atoms with Crippen LogP contribution in [0.1, 0.15) is 39.5 Å². The normalized spacial score (nSPS) is 24.8. The van der Waals surface area contributed by atoms with Gasteiger partial charge in [0.1, 0.15) is 12.6 Å². The van der Waals surface area contributed by atoms with Crippen LogP contribution in [-0.2, 0) is 14.3 Å². The molecule has 4 heteroatoms. The van der Waals surface area contributed by atoms with Gasteiger partial charge in [-0.1, -0.05) is 20.3 Å². The predicted molar refractivity (Wildman–Crippen MR) is 62.0 cm³/mol. The number of carbonyl (C=O) groups excluding carboxylic acids is 1. The van der Waals surface area contributed by atoms with E-state index >= 15 is 0 Å². The number of rotatable bonds is 5. The molecule has 4 nitrogen and oxygen atoms in total. The van der Waals surface area contributed by atoms with Gasteiger partial charge in [-0.2, -0.15) is 0 Å². The van der Waals surface area contributed by atoms with Crippen LogP contribution in [0.15, 0.2) is 0 Å². The minimum atomic E-state index is -0.506. The van der Waals surface area contributed by atoms with Crippen molar-refractivity contribution in [2.24, 2.45) is 11.7 Å². The van der Waals surface area contributed by atoms with Gasteiger partial charge in [0.15, 0.2) is 0 Å². The molecule has 2 N–H and O–H groups in total. The Morgan fingerprint density at radius 1 is 1.56 bits per heavy atom. The van der Waals surface area contributed by atoms with E-state index in [0.717, 1.165) is 32.3 Å². The number of esters is 1. The average Bonchev–Trinajstić information content (AvgIpc) is 2.35. The summed E-state index contributed by atoms with van der Waals surface area (Å²) in [5.74, 6) is -0.136. The fourth-order valence-corrected chi connectivity index (χ4v) is 1.70. The Bertz CT molecular complexity index is 214. The molecule has 16 heavy (non-hydrogen) atoms. The molecule has 2 unspecified atom stereocenters. The quantitative estimate of drug-likeness (QED) is 0.725. The van der Waals surface area contributed by atoms with Crippen LogP contribution < -0.4 is 5.73 Å². The highest BCUT2D eigenvalue weighted by atomic mass is 16.6. The van der Waals surface area contributed by atoms with E-state index in [1.807, 2.05) is 13.8 Å². The van der Waals surface area contributed by atoms with Crippen molar-refractivity contribution in [3.8, 4) is 0 Å². The fraction of sp³-hybridized carbons (Fsp3) is 0.917. The lowest BCUT2D eigenvalue weighted by Crippen LogP contribution is -2.39. The number of ether oxygens (including phenoxy) is 2. The van der Waals surface area contributed by atoms with Gasteiger partial charge in [0.05, 0.1) is 6.10 Å². The molecular weight excluding hydrogens is 206 g/mol. The number of hydrogen-bond donors (Lipinski definition) is 1. The zero-order valence-corrected chi connectivity index (χ0v) is 10.3. The summed E-state index contributed by atoms with van der Waals surface area (Å²) in [7, 11) is 0. The third kappa shape index (κ3) is 4.10. The summed E-state index contributed by atoms with van der Waals surface area (Å²) in [6, 6.07) is -0.506. The van der Waals surface area contributed by atoms with Crippen LogP contribution in [-0.4, -0.2) is 31.3 Å². The van der Waals surface area contributed by atoms with E-state index in [1.54, 1.807) is 0 Å². The van der Waals surface area contributed by atoms with Gasteiger partial charge < -0.3 is 15.2 Å². The molecule has 0 saturated carbocycles. The zero-order valence-electron chi connectivity index (χ0n) is 10.3. The molecule has 1 aliphatic heterocycles. The lowest BCUT2D eigenvalue weighted by Gasteiger charge is -2.23. The highest BCUT2D eigenvalue weighted by Crippen LogP contribution is 2.13. The maximum atomic E-state index is 11.6. The van der Waals surface area contributed by atoms with Crippen molar-refractivity contribution in [1.82, 2.24) is 0 Å². The van der Waals surface area contributed by atoms with Gasteiger partial charge in [-0.25, -0.2) is 0 Å². The first-order valence-electron chi connectivity index (χ1n) is 6.19. The topological polar surface area (TPSA) is 61.6 Å². The Hall–Kier alpha value is -0.610. The molecule has 1 rings (SSSR count). The molecule has 0 aromatic rings. The lowest BCUT2D eigenvalue weighted by atomic mass is 10.0. The molecule has 0 spiro atoms. The lowest BCUT2D eigenvalue weighted by molar-refractivity contribution is -0.151. The fourth-order valence-electron chi connectivity index (χ4n) is 1.70. The summed E-state index contributed by atoms with van der Waals surface area (Å²) in [5, 5.41) is 0. The van der Waals surface area contributed by atoms with E-state index in [2.05, 4.69) is 0 Å². The van der Waals surface area contributed by atoms with Crippen molar-refractivity contribution in [1.29, 1.82) is 0 Å². The average molecular weight is 229 g/mol. The van der Waals surface area contributed by atoms with Crippen LogP contribution in [0.2, 0.25) is 0 Å². The minimum absolute atomic E-state index is 0.0711. The maximum absolute atomic E-state index is 11.6. The highest BCUT2D eigenvalue weighted by molar-refractivity contribution is 5.75. The van der Waals surface area contributed by atoms with E-state index in [9.17, 15) is 4.79 Å². The Labute approximate surface area is 97.5 Å². The van der Waals surface area contributed by atoms with E-state index in [1.165, 1.54) is 0 Å². The summed E-state index contributed by atoms with van der Waals surface area (Å²) in [5.41, 5.74) is 5.77. The molecule has 1 fully saturated rings. The van der Waals surface area contributed by atoms with Crippen LogP contribution in [0.25, 0.3) is 0 Å². The second-order valence-electron chi connectivity index (χ2n) is 4.53. The Kier molecular flexibility index (Phi) is 5.77. The smallest absolute Gasteiger partial charge is 0.323 e. The van der Waals surface area contributed by atoms with Gasteiger partial charge in [0.25, 0.3) is 0 Å². The molecule has 0 amide bonds. The second kappa shape index (κ2) is 6.86. The standard InChI is InChI=1S/C12H23NO3/c1-3-9(2)11(13)12(14)16-8-10-6-4-5-7-15-10/h9-11H,3-8,13H2,1-2H3/t9?,10?,11-/m0/s1. The Morgan fingerprint density at radius 3 is 2.88 bits per heavy atom. The summed E-state index contributed by atoms with van der Waals surface area (Å²) in [6.45, 7) is 5.10. The van der Waals surface area contributed by atoms with Gasteiger partial charge >= 0.3 is 5.97 Å². The van der Waals surface area contributed by atoms with Crippen LogP contribution in [0.4, 0.5) is 0 Å². The van der Waals surface area contributed by atoms with Crippen LogP contribution in [0, 0.1) is 5.92 Å². The largest absolute Gasteiger partial charge is 0.462 e. The van der Waals surface area contributed by atoms with Crippen LogP contribution in [0.3, 0.4) is 0 Å². The van der Waals surface area contributed by atoms with Gasteiger partial charge in [0.2, 0.25) is 0 Å². The number of hydrogen-bond acceptors (Lipinski definition) is 4. The summed E-state index contributed by atoms with van der Waals surface area (Å²) < 4.78 is 10.7. The molecule has 3 atom stereocenters. The first-order valence-corrected chi connectivity index (χ1v) is 6.19. The SMILES string of the molecule is CCC(C)[C@H](N)C(=O)OCC1CCCCO1. The summed E-state index contributed by atoms with van der Waals surface area (Å²) in [4.78, 5) is 11.6. The van der Waals surface area contributed by atoms with Gasteiger partial charge in [-0.15, -0.1) is 0 Å². The molecule has 1 heterocycles. The van der Waals surface area contributed by atoms with Crippen LogP contribution in [0.5, 0.6) is 0 Å².